The topological polar surface area (TPSA) is 72.5 Å². The van der Waals surface area contributed by atoms with Gasteiger partial charge in [-0.25, -0.2) is 17.6 Å². The molecule has 2 rings (SSSR count). The Labute approximate surface area is 142 Å². The van der Waals surface area contributed by atoms with Crippen LogP contribution >= 0.6 is 23.2 Å². The van der Waals surface area contributed by atoms with Gasteiger partial charge >= 0.3 is 5.97 Å². The van der Waals surface area contributed by atoms with Crippen molar-refractivity contribution in [3.63, 3.8) is 0 Å². The molecule has 0 radical (unpaired) electrons. The first-order valence-electron chi connectivity index (χ1n) is 6.10. The average Bonchev–Trinajstić information content (AvgIpc) is 2.49. The summed E-state index contributed by atoms with van der Waals surface area (Å²) in [6, 6.07) is 6.93. The van der Waals surface area contributed by atoms with Gasteiger partial charge in [0.25, 0.3) is 10.0 Å². The average molecular weight is 378 g/mol. The van der Waals surface area contributed by atoms with E-state index in [2.05, 4.69) is 9.46 Å². The molecule has 2 aromatic carbocycles. The third-order valence-electron chi connectivity index (χ3n) is 2.83. The first kappa shape index (κ1) is 17.5. The van der Waals surface area contributed by atoms with Crippen LogP contribution in [0.5, 0.6) is 0 Å². The molecule has 0 unspecified atom stereocenters. The molecule has 0 aliphatic carbocycles. The number of anilines is 1. The van der Waals surface area contributed by atoms with Crippen LogP contribution in [0.4, 0.5) is 10.1 Å². The highest BCUT2D eigenvalue weighted by atomic mass is 35.5. The predicted molar refractivity (Wildman–Crippen MR) is 85.0 cm³/mol. The number of benzene rings is 2. The molecule has 122 valence electrons. The maximum atomic E-state index is 13.2. The van der Waals surface area contributed by atoms with E-state index in [4.69, 9.17) is 23.2 Å². The van der Waals surface area contributed by atoms with Gasteiger partial charge < -0.3 is 4.74 Å². The number of methoxy groups -OCH3 is 1. The molecular formula is C14H10Cl2FNO4S. The van der Waals surface area contributed by atoms with E-state index < -0.39 is 21.8 Å². The third kappa shape index (κ3) is 3.93. The summed E-state index contributed by atoms with van der Waals surface area (Å²) >= 11 is 11.4. The Morgan fingerprint density at radius 1 is 1.17 bits per heavy atom. The number of carbonyl (C=O) groups is 1. The Hall–Kier alpha value is -1.83. The van der Waals surface area contributed by atoms with Crippen molar-refractivity contribution in [2.45, 2.75) is 4.90 Å². The Morgan fingerprint density at radius 3 is 2.48 bits per heavy atom. The lowest BCUT2D eigenvalue weighted by Crippen LogP contribution is -2.16. The molecule has 0 heterocycles. The fourth-order valence-corrected chi connectivity index (χ4v) is 3.25. The van der Waals surface area contributed by atoms with E-state index in [1.54, 1.807) is 0 Å². The largest absolute Gasteiger partial charge is 0.465 e. The van der Waals surface area contributed by atoms with E-state index in [0.29, 0.717) is 0 Å². The van der Waals surface area contributed by atoms with Crippen molar-refractivity contribution in [2.75, 3.05) is 11.8 Å². The molecule has 1 N–H and O–H groups in total. The monoisotopic (exact) mass is 377 g/mol. The molecule has 0 spiro atoms. The molecule has 0 bridgehead atoms. The lowest BCUT2D eigenvalue weighted by Gasteiger charge is -2.12. The van der Waals surface area contributed by atoms with Gasteiger partial charge in [-0.1, -0.05) is 23.2 Å². The Morgan fingerprint density at radius 2 is 1.87 bits per heavy atom. The number of hydrogen-bond acceptors (Lipinski definition) is 4. The summed E-state index contributed by atoms with van der Waals surface area (Å²) < 4.78 is 44.7. The fourth-order valence-electron chi connectivity index (χ4n) is 1.74. The standard InChI is InChI=1S/C14H10Cl2FNO4S/c1-22-14(19)10-4-2-8(15)6-13(10)18-23(20,21)9-3-5-12(17)11(16)7-9/h2-7,18H,1H3. The molecule has 0 aromatic heterocycles. The second kappa shape index (κ2) is 6.74. The first-order chi connectivity index (χ1) is 10.7. The lowest BCUT2D eigenvalue weighted by atomic mass is 10.2. The van der Waals surface area contributed by atoms with Crippen molar-refractivity contribution >= 4 is 44.9 Å². The number of hydrogen-bond donors (Lipinski definition) is 1. The van der Waals surface area contributed by atoms with E-state index in [1.807, 2.05) is 0 Å². The smallest absolute Gasteiger partial charge is 0.339 e. The van der Waals surface area contributed by atoms with Crippen LogP contribution in [0.15, 0.2) is 41.3 Å². The van der Waals surface area contributed by atoms with Gasteiger partial charge in [0.2, 0.25) is 0 Å². The molecule has 0 aliphatic heterocycles. The highest BCUT2D eigenvalue weighted by molar-refractivity contribution is 7.92. The van der Waals surface area contributed by atoms with Crippen LogP contribution in [0.1, 0.15) is 10.4 Å². The zero-order valence-electron chi connectivity index (χ0n) is 11.6. The number of halogens is 3. The van der Waals surface area contributed by atoms with Crippen molar-refractivity contribution < 1.29 is 22.3 Å². The van der Waals surface area contributed by atoms with Gasteiger partial charge in [-0.2, -0.15) is 0 Å². The van der Waals surface area contributed by atoms with E-state index in [-0.39, 0.29) is 26.2 Å². The van der Waals surface area contributed by atoms with Crippen LogP contribution in [0.2, 0.25) is 10.0 Å². The molecule has 0 atom stereocenters. The van der Waals surface area contributed by atoms with Gasteiger partial charge in [-0.05, 0) is 36.4 Å². The SMILES string of the molecule is COC(=O)c1ccc(Cl)cc1NS(=O)(=O)c1ccc(F)c(Cl)c1. The summed E-state index contributed by atoms with van der Waals surface area (Å²) in [7, 11) is -2.94. The van der Waals surface area contributed by atoms with Crippen LogP contribution in [0.25, 0.3) is 0 Å². The predicted octanol–water partition coefficient (Wildman–Crippen LogP) is 3.72. The quantitative estimate of drug-likeness (QED) is 0.824. The van der Waals surface area contributed by atoms with Gasteiger partial charge in [-0.15, -0.1) is 0 Å². The number of carbonyl (C=O) groups excluding carboxylic acids is 1. The molecule has 23 heavy (non-hydrogen) atoms. The van der Waals surface area contributed by atoms with Crippen LogP contribution in [-0.2, 0) is 14.8 Å². The molecular weight excluding hydrogens is 368 g/mol. The number of ether oxygens (including phenoxy) is 1. The third-order valence-corrected chi connectivity index (χ3v) is 4.72. The van der Waals surface area contributed by atoms with Crippen molar-refractivity contribution in [3.8, 4) is 0 Å². The number of sulfonamides is 1. The second-order valence-corrected chi connectivity index (χ2v) is 6.89. The zero-order chi connectivity index (χ0) is 17.2. The van der Waals surface area contributed by atoms with Crippen LogP contribution in [0, 0.1) is 5.82 Å². The minimum absolute atomic E-state index is 0.0197. The molecule has 0 saturated carbocycles. The summed E-state index contributed by atoms with van der Waals surface area (Å²) in [4.78, 5) is 11.4. The number of esters is 1. The molecule has 0 saturated heterocycles. The van der Waals surface area contributed by atoms with Crippen molar-refractivity contribution in [2.24, 2.45) is 0 Å². The number of nitrogens with one attached hydrogen (secondary N) is 1. The fraction of sp³-hybridized carbons (Fsp3) is 0.0714. The Kier molecular flexibility index (Phi) is 5.13. The van der Waals surface area contributed by atoms with E-state index in [0.717, 1.165) is 25.3 Å². The van der Waals surface area contributed by atoms with Gasteiger partial charge in [0.15, 0.2) is 0 Å². The summed E-state index contributed by atoms with van der Waals surface area (Å²) in [6.07, 6.45) is 0. The van der Waals surface area contributed by atoms with Crippen LogP contribution < -0.4 is 4.72 Å². The highest BCUT2D eigenvalue weighted by Gasteiger charge is 2.20. The van der Waals surface area contributed by atoms with Crippen LogP contribution in [-0.4, -0.2) is 21.5 Å². The number of rotatable bonds is 4. The molecule has 0 aliphatic rings. The van der Waals surface area contributed by atoms with Gasteiger partial charge in [-0.3, -0.25) is 4.72 Å². The van der Waals surface area contributed by atoms with Gasteiger partial charge in [0.1, 0.15) is 5.82 Å². The molecule has 5 nitrogen and oxygen atoms in total. The van der Waals surface area contributed by atoms with E-state index in [9.17, 15) is 17.6 Å². The summed E-state index contributed by atoms with van der Waals surface area (Å²) in [5.41, 5.74) is -0.0847. The minimum Gasteiger partial charge on any atom is -0.465 e. The van der Waals surface area contributed by atoms with E-state index in [1.165, 1.54) is 18.2 Å². The van der Waals surface area contributed by atoms with Crippen molar-refractivity contribution in [1.29, 1.82) is 0 Å². The Balaban J connectivity index is 2.46. The minimum atomic E-state index is -4.10. The second-order valence-electron chi connectivity index (χ2n) is 4.36. The molecule has 9 heteroatoms. The summed E-state index contributed by atoms with van der Waals surface area (Å²) in [5.74, 6) is -1.49. The Bertz CT molecular complexity index is 871. The zero-order valence-corrected chi connectivity index (χ0v) is 14.0. The molecule has 0 fully saturated rings. The molecule has 2 aromatic rings. The van der Waals surface area contributed by atoms with Gasteiger partial charge in [0.05, 0.1) is 28.3 Å². The van der Waals surface area contributed by atoms with Crippen molar-refractivity contribution in [3.05, 3.63) is 57.8 Å². The van der Waals surface area contributed by atoms with Crippen molar-refractivity contribution in [1.82, 2.24) is 0 Å². The maximum absolute atomic E-state index is 13.2. The first-order valence-corrected chi connectivity index (χ1v) is 8.34. The molecule has 0 amide bonds. The lowest BCUT2D eigenvalue weighted by molar-refractivity contribution is 0.0602. The van der Waals surface area contributed by atoms with E-state index >= 15 is 0 Å². The van der Waals surface area contributed by atoms with Crippen LogP contribution in [0.3, 0.4) is 0 Å². The normalized spacial score (nSPS) is 11.1. The maximum Gasteiger partial charge on any atom is 0.339 e. The highest BCUT2D eigenvalue weighted by Crippen LogP contribution is 2.26. The summed E-state index contributed by atoms with van der Waals surface area (Å²) in [6.45, 7) is 0. The summed E-state index contributed by atoms with van der Waals surface area (Å²) in [5, 5.41) is -0.125. The van der Waals surface area contributed by atoms with Gasteiger partial charge in [0, 0.05) is 5.02 Å².